The smallest absolute Gasteiger partial charge is 0.194 e. The van der Waals surface area contributed by atoms with Gasteiger partial charge < -0.3 is 10.2 Å². The Kier molecular flexibility index (Phi) is 2.91. The Bertz CT molecular complexity index is 537. The van der Waals surface area contributed by atoms with Gasteiger partial charge in [0, 0.05) is 13.0 Å². The second kappa shape index (κ2) is 4.57. The summed E-state index contributed by atoms with van der Waals surface area (Å²) in [5.74, 6) is 3.78. The van der Waals surface area contributed by atoms with E-state index in [4.69, 9.17) is 10.2 Å². The lowest BCUT2D eigenvalue weighted by atomic mass is 10.1. The summed E-state index contributed by atoms with van der Waals surface area (Å²) in [6.07, 6.45) is 4.98. The summed E-state index contributed by atoms with van der Waals surface area (Å²) >= 11 is 0. The third-order valence-electron chi connectivity index (χ3n) is 3.58. The number of nitrogens with two attached hydrogens (primary N) is 1. The van der Waals surface area contributed by atoms with Crippen molar-refractivity contribution in [3.63, 3.8) is 0 Å². The van der Waals surface area contributed by atoms with E-state index >= 15 is 0 Å². The maximum Gasteiger partial charge on any atom is 0.194 e. The van der Waals surface area contributed by atoms with E-state index in [1.807, 2.05) is 19.2 Å². The van der Waals surface area contributed by atoms with Gasteiger partial charge in [-0.2, -0.15) is 5.10 Å². The van der Waals surface area contributed by atoms with Gasteiger partial charge in [0.05, 0.1) is 6.54 Å². The topological polar surface area (TPSA) is 69.9 Å². The van der Waals surface area contributed by atoms with Gasteiger partial charge in [-0.3, -0.25) is 0 Å². The van der Waals surface area contributed by atoms with Crippen LogP contribution in [0.4, 0.5) is 0 Å². The largest absolute Gasteiger partial charge is 0.456 e. The highest BCUT2D eigenvalue weighted by Gasteiger charge is 2.23. The van der Waals surface area contributed by atoms with Crippen LogP contribution < -0.4 is 5.73 Å². The van der Waals surface area contributed by atoms with Gasteiger partial charge in [0.25, 0.3) is 0 Å². The van der Waals surface area contributed by atoms with Gasteiger partial charge in [0.15, 0.2) is 17.4 Å². The van der Waals surface area contributed by atoms with E-state index < -0.39 is 0 Å². The first-order valence-corrected chi connectivity index (χ1v) is 6.48. The average Bonchev–Trinajstić information content (AvgIpc) is 3.08. The Morgan fingerprint density at radius 2 is 2.17 bits per heavy atom. The standard InChI is InChI=1S/C13H18N4O/c1-17-13(11-7-6-10(8-14)18-11)15-12(16-17)9-4-2-3-5-9/h6-7,9H,2-5,8,14H2,1H3. The lowest BCUT2D eigenvalue weighted by Crippen LogP contribution is -1.97. The number of nitrogens with zero attached hydrogens (tertiary/aromatic N) is 3. The van der Waals surface area contributed by atoms with Gasteiger partial charge in [-0.15, -0.1) is 0 Å². The van der Waals surface area contributed by atoms with Crippen molar-refractivity contribution >= 4 is 0 Å². The summed E-state index contributed by atoms with van der Waals surface area (Å²) in [4.78, 5) is 4.63. The molecule has 5 nitrogen and oxygen atoms in total. The first-order chi connectivity index (χ1) is 8.78. The predicted molar refractivity (Wildman–Crippen MR) is 67.8 cm³/mol. The second-order valence-corrected chi connectivity index (χ2v) is 4.87. The van der Waals surface area contributed by atoms with E-state index in [0.717, 1.165) is 23.2 Å². The predicted octanol–water partition coefficient (Wildman–Crippen LogP) is 2.19. The summed E-state index contributed by atoms with van der Waals surface area (Å²) in [6.45, 7) is 0.410. The fourth-order valence-corrected chi connectivity index (χ4v) is 2.58. The number of rotatable bonds is 3. The molecule has 2 N–H and O–H groups in total. The van der Waals surface area contributed by atoms with Crippen molar-refractivity contribution in [3.05, 3.63) is 23.7 Å². The van der Waals surface area contributed by atoms with Gasteiger partial charge in [-0.25, -0.2) is 9.67 Å². The van der Waals surface area contributed by atoms with Crippen molar-refractivity contribution in [1.29, 1.82) is 0 Å². The van der Waals surface area contributed by atoms with Crippen LogP contribution in [0.1, 0.15) is 43.2 Å². The maximum atomic E-state index is 5.63. The number of hydrogen-bond donors (Lipinski definition) is 1. The molecule has 18 heavy (non-hydrogen) atoms. The number of furan rings is 1. The van der Waals surface area contributed by atoms with Crippen molar-refractivity contribution in [3.8, 4) is 11.6 Å². The third kappa shape index (κ3) is 1.95. The molecule has 96 valence electrons. The van der Waals surface area contributed by atoms with Crippen LogP contribution >= 0.6 is 0 Å². The van der Waals surface area contributed by atoms with Gasteiger partial charge in [0.1, 0.15) is 5.76 Å². The van der Waals surface area contributed by atoms with Crippen LogP contribution in [0.2, 0.25) is 0 Å². The average molecular weight is 246 g/mol. The summed E-state index contributed by atoms with van der Waals surface area (Å²) < 4.78 is 7.43. The fourth-order valence-electron chi connectivity index (χ4n) is 2.58. The normalized spacial score (nSPS) is 16.6. The minimum atomic E-state index is 0.410. The molecule has 0 amide bonds. The fraction of sp³-hybridized carbons (Fsp3) is 0.538. The van der Waals surface area contributed by atoms with Crippen LogP contribution in [0.5, 0.6) is 0 Å². The molecule has 0 aromatic carbocycles. The van der Waals surface area contributed by atoms with Crippen LogP contribution in [0.3, 0.4) is 0 Å². The molecule has 1 fully saturated rings. The summed E-state index contributed by atoms with van der Waals surface area (Å²) in [6, 6.07) is 3.80. The Labute approximate surface area is 106 Å². The summed E-state index contributed by atoms with van der Waals surface area (Å²) in [5.41, 5.74) is 5.55. The Morgan fingerprint density at radius 1 is 1.39 bits per heavy atom. The van der Waals surface area contributed by atoms with Crippen molar-refractivity contribution in [2.45, 2.75) is 38.1 Å². The van der Waals surface area contributed by atoms with E-state index in [0.29, 0.717) is 12.5 Å². The molecular weight excluding hydrogens is 228 g/mol. The molecule has 0 aliphatic heterocycles. The van der Waals surface area contributed by atoms with E-state index in [1.54, 1.807) is 4.68 Å². The van der Waals surface area contributed by atoms with Gasteiger partial charge in [-0.1, -0.05) is 12.8 Å². The maximum absolute atomic E-state index is 5.63. The lowest BCUT2D eigenvalue weighted by molar-refractivity contribution is 0.518. The van der Waals surface area contributed by atoms with E-state index in [-0.39, 0.29) is 0 Å². The van der Waals surface area contributed by atoms with Crippen LogP contribution in [0.25, 0.3) is 11.6 Å². The molecule has 1 aliphatic rings. The molecule has 3 rings (SSSR count). The monoisotopic (exact) mass is 246 g/mol. The molecule has 0 radical (unpaired) electrons. The molecule has 5 heteroatoms. The number of hydrogen-bond acceptors (Lipinski definition) is 4. The number of aromatic nitrogens is 3. The first kappa shape index (κ1) is 11.5. The Balaban J connectivity index is 1.92. The molecule has 1 saturated carbocycles. The molecule has 0 saturated heterocycles. The highest BCUT2D eigenvalue weighted by molar-refractivity contribution is 5.47. The zero-order valence-electron chi connectivity index (χ0n) is 10.6. The molecule has 0 spiro atoms. The van der Waals surface area contributed by atoms with Crippen molar-refractivity contribution in [2.24, 2.45) is 12.8 Å². The summed E-state index contributed by atoms with van der Waals surface area (Å²) in [5, 5.41) is 4.52. The molecule has 0 bridgehead atoms. The molecule has 2 aromatic heterocycles. The molecule has 0 unspecified atom stereocenters. The van der Waals surface area contributed by atoms with Gasteiger partial charge in [-0.05, 0) is 25.0 Å². The van der Waals surface area contributed by atoms with Crippen LogP contribution in [0, 0.1) is 0 Å². The number of aryl methyl sites for hydroxylation is 1. The Hall–Kier alpha value is -1.62. The van der Waals surface area contributed by atoms with Crippen molar-refractivity contribution in [1.82, 2.24) is 14.8 Å². The zero-order valence-corrected chi connectivity index (χ0v) is 10.6. The van der Waals surface area contributed by atoms with E-state index in [9.17, 15) is 0 Å². The van der Waals surface area contributed by atoms with E-state index in [2.05, 4.69) is 10.1 Å². The minimum absolute atomic E-state index is 0.410. The van der Waals surface area contributed by atoms with Gasteiger partial charge >= 0.3 is 0 Å². The van der Waals surface area contributed by atoms with Crippen LogP contribution in [-0.4, -0.2) is 14.8 Å². The highest BCUT2D eigenvalue weighted by atomic mass is 16.3. The second-order valence-electron chi connectivity index (χ2n) is 4.87. The molecular formula is C13H18N4O. The Morgan fingerprint density at radius 3 is 2.83 bits per heavy atom. The molecule has 1 aliphatic carbocycles. The van der Waals surface area contributed by atoms with Crippen LogP contribution in [-0.2, 0) is 13.6 Å². The first-order valence-electron chi connectivity index (χ1n) is 6.48. The van der Waals surface area contributed by atoms with Crippen molar-refractivity contribution in [2.75, 3.05) is 0 Å². The van der Waals surface area contributed by atoms with Crippen LogP contribution in [0.15, 0.2) is 16.5 Å². The van der Waals surface area contributed by atoms with Crippen molar-refractivity contribution < 1.29 is 4.42 Å². The molecule has 2 heterocycles. The minimum Gasteiger partial charge on any atom is -0.456 e. The lowest BCUT2D eigenvalue weighted by Gasteiger charge is -2.00. The third-order valence-corrected chi connectivity index (χ3v) is 3.58. The van der Waals surface area contributed by atoms with E-state index in [1.165, 1.54) is 25.7 Å². The molecule has 2 aromatic rings. The van der Waals surface area contributed by atoms with Gasteiger partial charge in [0.2, 0.25) is 0 Å². The zero-order chi connectivity index (χ0) is 12.5. The highest BCUT2D eigenvalue weighted by Crippen LogP contribution is 2.33. The SMILES string of the molecule is Cn1nc(C2CCCC2)nc1-c1ccc(CN)o1. The molecule has 0 atom stereocenters. The summed E-state index contributed by atoms with van der Waals surface area (Å²) in [7, 11) is 1.91. The quantitative estimate of drug-likeness (QED) is 0.901.